The van der Waals surface area contributed by atoms with E-state index in [9.17, 15) is 4.79 Å². The lowest BCUT2D eigenvalue weighted by Crippen LogP contribution is -2.21. The second-order valence-electron chi connectivity index (χ2n) is 3.87. The molecule has 0 unspecified atom stereocenters. The highest BCUT2D eigenvalue weighted by Gasteiger charge is 2.20. The van der Waals surface area contributed by atoms with Gasteiger partial charge in [-0.15, -0.1) is 0 Å². The Kier molecular flexibility index (Phi) is 2.89. The fraction of sp³-hybridized carbons (Fsp3) is 0.600. The number of aromatic amines is 1. The second-order valence-corrected chi connectivity index (χ2v) is 3.87. The van der Waals surface area contributed by atoms with E-state index in [0.29, 0.717) is 5.69 Å². The van der Waals surface area contributed by atoms with Gasteiger partial charge < -0.3 is 10.5 Å². The summed E-state index contributed by atoms with van der Waals surface area (Å²) < 4.78 is 5.33. The molecule has 0 aliphatic heterocycles. The average molecular weight is 209 g/mol. The van der Waals surface area contributed by atoms with Crippen molar-refractivity contribution >= 4 is 11.7 Å². The fourth-order valence-corrected chi connectivity index (χ4v) is 1.85. The summed E-state index contributed by atoms with van der Waals surface area (Å²) in [6, 6.07) is 0. The monoisotopic (exact) mass is 209 g/mol. The van der Waals surface area contributed by atoms with E-state index >= 15 is 0 Å². The summed E-state index contributed by atoms with van der Waals surface area (Å²) in [5.74, 6) is -0.392. The van der Waals surface area contributed by atoms with Crippen LogP contribution >= 0.6 is 0 Å². The smallest absolute Gasteiger partial charge is 0.358 e. The van der Waals surface area contributed by atoms with Gasteiger partial charge in [0.25, 0.3) is 0 Å². The molecular weight excluding hydrogens is 194 g/mol. The molecule has 1 aliphatic rings. The van der Waals surface area contributed by atoms with Crippen LogP contribution in [0.2, 0.25) is 0 Å². The van der Waals surface area contributed by atoms with E-state index in [1.807, 2.05) is 0 Å². The molecule has 5 heteroatoms. The van der Waals surface area contributed by atoms with E-state index in [1.54, 1.807) is 0 Å². The number of ether oxygens (including phenoxy) is 1. The van der Waals surface area contributed by atoms with Crippen LogP contribution in [-0.4, -0.2) is 22.3 Å². The molecule has 5 nitrogen and oxygen atoms in total. The Morgan fingerprint density at radius 3 is 2.80 bits per heavy atom. The first-order chi connectivity index (χ1) is 7.27. The topological polar surface area (TPSA) is 81.0 Å². The van der Waals surface area contributed by atoms with Crippen LogP contribution in [0.25, 0.3) is 0 Å². The van der Waals surface area contributed by atoms with Gasteiger partial charge in [-0.25, -0.2) is 4.79 Å². The molecule has 0 atom stereocenters. The number of aromatic nitrogens is 2. The third kappa shape index (κ3) is 2.29. The molecule has 0 spiro atoms. The van der Waals surface area contributed by atoms with E-state index in [-0.39, 0.29) is 11.8 Å². The summed E-state index contributed by atoms with van der Waals surface area (Å²) in [6.07, 6.45) is 6.89. The number of nitrogens with two attached hydrogens (primary N) is 1. The van der Waals surface area contributed by atoms with Gasteiger partial charge in [-0.2, -0.15) is 5.10 Å². The summed E-state index contributed by atoms with van der Waals surface area (Å²) in [4.78, 5) is 11.6. The minimum absolute atomic E-state index is 0.0500. The van der Waals surface area contributed by atoms with Crippen LogP contribution in [0.4, 0.5) is 5.69 Å². The zero-order chi connectivity index (χ0) is 10.7. The molecule has 3 N–H and O–H groups in total. The van der Waals surface area contributed by atoms with Gasteiger partial charge in [-0.05, 0) is 25.7 Å². The quantitative estimate of drug-likeness (QED) is 0.723. The minimum Gasteiger partial charge on any atom is -0.458 e. The average Bonchev–Trinajstić information content (AvgIpc) is 2.66. The van der Waals surface area contributed by atoms with E-state index in [2.05, 4.69) is 10.2 Å². The Balaban J connectivity index is 1.94. The summed E-state index contributed by atoms with van der Waals surface area (Å²) in [7, 11) is 0. The van der Waals surface area contributed by atoms with Crippen LogP contribution in [0.3, 0.4) is 0 Å². The first-order valence-electron chi connectivity index (χ1n) is 5.27. The van der Waals surface area contributed by atoms with Gasteiger partial charge >= 0.3 is 5.97 Å². The predicted molar refractivity (Wildman–Crippen MR) is 55.3 cm³/mol. The molecular formula is C10H15N3O2. The number of esters is 1. The van der Waals surface area contributed by atoms with Gasteiger partial charge in [-0.1, -0.05) is 6.42 Å². The number of rotatable bonds is 2. The maximum atomic E-state index is 11.6. The highest BCUT2D eigenvalue weighted by molar-refractivity contribution is 5.92. The van der Waals surface area contributed by atoms with Gasteiger partial charge in [0.05, 0.1) is 11.9 Å². The second kappa shape index (κ2) is 4.33. The van der Waals surface area contributed by atoms with Crippen molar-refractivity contribution in [2.75, 3.05) is 5.73 Å². The number of nitrogens with zero attached hydrogens (tertiary/aromatic N) is 1. The van der Waals surface area contributed by atoms with Crippen LogP contribution in [0, 0.1) is 0 Å². The van der Waals surface area contributed by atoms with Crippen LogP contribution in [0.5, 0.6) is 0 Å². The lowest BCUT2D eigenvalue weighted by Gasteiger charge is -2.21. The molecule has 1 aliphatic carbocycles. The molecule has 0 saturated heterocycles. The summed E-state index contributed by atoms with van der Waals surface area (Å²) in [6.45, 7) is 0. The van der Waals surface area contributed by atoms with E-state index < -0.39 is 5.97 Å². The van der Waals surface area contributed by atoms with Crippen LogP contribution in [-0.2, 0) is 4.74 Å². The number of carbonyl (C=O) groups is 1. The molecule has 0 aromatic carbocycles. The SMILES string of the molecule is Nc1cn[nH]c1C(=O)OC1CCCCC1. The van der Waals surface area contributed by atoms with Crippen molar-refractivity contribution in [3.05, 3.63) is 11.9 Å². The van der Waals surface area contributed by atoms with Gasteiger partial charge in [0.1, 0.15) is 6.10 Å². The van der Waals surface area contributed by atoms with Gasteiger partial charge in [0.2, 0.25) is 0 Å². The Bertz CT molecular complexity index is 342. The number of hydrogen-bond donors (Lipinski definition) is 2. The van der Waals surface area contributed by atoms with Crippen molar-refractivity contribution < 1.29 is 9.53 Å². The Morgan fingerprint density at radius 1 is 1.47 bits per heavy atom. The minimum atomic E-state index is -0.392. The zero-order valence-electron chi connectivity index (χ0n) is 8.53. The van der Waals surface area contributed by atoms with Gasteiger partial charge in [0.15, 0.2) is 5.69 Å². The normalized spacial score (nSPS) is 17.6. The molecule has 15 heavy (non-hydrogen) atoms. The molecule has 1 fully saturated rings. The highest BCUT2D eigenvalue weighted by Crippen LogP contribution is 2.21. The van der Waals surface area contributed by atoms with Crippen molar-refractivity contribution in [1.29, 1.82) is 0 Å². The Morgan fingerprint density at radius 2 is 2.20 bits per heavy atom. The lowest BCUT2D eigenvalue weighted by atomic mass is 9.98. The predicted octanol–water partition coefficient (Wildman–Crippen LogP) is 1.48. The molecule has 82 valence electrons. The van der Waals surface area contributed by atoms with Crippen molar-refractivity contribution in [2.45, 2.75) is 38.2 Å². The first kappa shape index (κ1) is 10.0. The van der Waals surface area contributed by atoms with Crippen LogP contribution in [0.15, 0.2) is 6.20 Å². The van der Waals surface area contributed by atoms with Crippen molar-refractivity contribution in [1.82, 2.24) is 10.2 Å². The highest BCUT2D eigenvalue weighted by atomic mass is 16.5. The number of nitrogen functional groups attached to an aromatic ring is 1. The Hall–Kier alpha value is -1.52. The van der Waals surface area contributed by atoms with Gasteiger partial charge in [-0.3, -0.25) is 5.10 Å². The number of carbonyl (C=O) groups excluding carboxylic acids is 1. The van der Waals surface area contributed by atoms with Gasteiger partial charge in [0, 0.05) is 0 Å². The summed E-state index contributed by atoms with van der Waals surface area (Å²) in [5.41, 5.74) is 6.16. The number of hydrogen-bond acceptors (Lipinski definition) is 4. The van der Waals surface area contributed by atoms with E-state index in [4.69, 9.17) is 10.5 Å². The largest absolute Gasteiger partial charge is 0.458 e. The van der Waals surface area contributed by atoms with Crippen LogP contribution in [0.1, 0.15) is 42.6 Å². The van der Waals surface area contributed by atoms with E-state index in [1.165, 1.54) is 12.6 Å². The molecule has 0 amide bonds. The molecule has 1 aromatic heterocycles. The molecule has 2 rings (SSSR count). The van der Waals surface area contributed by atoms with E-state index in [0.717, 1.165) is 25.7 Å². The molecule has 1 aromatic rings. The summed E-state index contributed by atoms with van der Waals surface area (Å²) in [5, 5.41) is 6.23. The van der Waals surface area contributed by atoms with Crippen LogP contribution < -0.4 is 5.73 Å². The number of nitrogens with one attached hydrogen (secondary N) is 1. The number of anilines is 1. The zero-order valence-corrected chi connectivity index (χ0v) is 8.53. The Labute approximate surface area is 88.0 Å². The maximum absolute atomic E-state index is 11.6. The standard InChI is InChI=1S/C10H15N3O2/c11-8-6-12-13-9(8)10(14)15-7-4-2-1-3-5-7/h6-7H,1-5,11H2,(H,12,13). The van der Waals surface area contributed by atoms with Crippen molar-refractivity contribution in [3.8, 4) is 0 Å². The molecule has 1 heterocycles. The molecule has 1 saturated carbocycles. The fourth-order valence-electron chi connectivity index (χ4n) is 1.85. The maximum Gasteiger partial charge on any atom is 0.358 e. The molecule has 0 bridgehead atoms. The first-order valence-corrected chi connectivity index (χ1v) is 5.27. The van der Waals surface area contributed by atoms with Crippen molar-refractivity contribution in [3.63, 3.8) is 0 Å². The number of H-pyrrole nitrogens is 1. The lowest BCUT2D eigenvalue weighted by molar-refractivity contribution is 0.0205. The van der Waals surface area contributed by atoms with Crippen molar-refractivity contribution in [2.24, 2.45) is 0 Å². The molecule has 0 radical (unpaired) electrons. The third-order valence-electron chi connectivity index (χ3n) is 2.70. The third-order valence-corrected chi connectivity index (χ3v) is 2.70. The summed E-state index contributed by atoms with van der Waals surface area (Å²) >= 11 is 0.